The number of hydrogen-bond acceptors (Lipinski definition) is 2. The van der Waals surface area contributed by atoms with Crippen LogP contribution in [-0.2, 0) is 11.2 Å². The quantitative estimate of drug-likeness (QED) is 0.779. The maximum atomic E-state index is 10.8. The van der Waals surface area contributed by atoms with Gasteiger partial charge in [0.15, 0.2) is 0 Å². The SMILES string of the molecule is CC(C)CCC(C)Nc1ccc(CC(N)=O)cc1. The standard InChI is InChI=1S/C15H24N2O/c1-11(2)4-5-12(3)17-14-8-6-13(7-9-14)10-15(16)18/h6-9,11-12,17H,4-5,10H2,1-3H3,(H2,16,18). The number of primary amides is 1. The first-order chi connectivity index (χ1) is 8.47. The molecule has 0 fully saturated rings. The molecule has 0 spiro atoms. The fraction of sp³-hybridized carbons (Fsp3) is 0.533. The Kier molecular flexibility index (Phi) is 5.69. The van der Waals surface area contributed by atoms with Crippen molar-refractivity contribution >= 4 is 11.6 Å². The first-order valence-electron chi connectivity index (χ1n) is 6.61. The lowest BCUT2D eigenvalue weighted by molar-refractivity contribution is -0.117. The number of nitrogens with one attached hydrogen (secondary N) is 1. The topological polar surface area (TPSA) is 55.1 Å². The van der Waals surface area contributed by atoms with Crippen LogP contribution < -0.4 is 11.1 Å². The van der Waals surface area contributed by atoms with Crippen LogP contribution in [0.1, 0.15) is 39.2 Å². The Morgan fingerprint density at radius 2 is 1.78 bits per heavy atom. The van der Waals surface area contributed by atoms with E-state index in [2.05, 4.69) is 26.1 Å². The number of benzene rings is 1. The summed E-state index contributed by atoms with van der Waals surface area (Å²) in [4.78, 5) is 10.8. The zero-order valence-electron chi connectivity index (χ0n) is 11.6. The second-order valence-electron chi connectivity index (χ2n) is 5.36. The van der Waals surface area contributed by atoms with E-state index < -0.39 is 0 Å². The molecule has 0 saturated carbocycles. The molecule has 1 aromatic rings. The van der Waals surface area contributed by atoms with Crippen LogP contribution in [-0.4, -0.2) is 11.9 Å². The number of rotatable bonds is 7. The Labute approximate surface area is 110 Å². The van der Waals surface area contributed by atoms with Crippen molar-refractivity contribution in [3.05, 3.63) is 29.8 Å². The summed E-state index contributed by atoms with van der Waals surface area (Å²) in [7, 11) is 0. The van der Waals surface area contributed by atoms with Crippen LogP contribution in [0.25, 0.3) is 0 Å². The molecule has 0 aromatic heterocycles. The van der Waals surface area contributed by atoms with E-state index >= 15 is 0 Å². The van der Waals surface area contributed by atoms with E-state index in [4.69, 9.17) is 5.73 Å². The molecule has 100 valence electrons. The maximum Gasteiger partial charge on any atom is 0.221 e. The molecule has 0 aliphatic rings. The average Bonchev–Trinajstić information content (AvgIpc) is 2.28. The van der Waals surface area contributed by atoms with Crippen molar-refractivity contribution in [3.8, 4) is 0 Å². The summed E-state index contributed by atoms with van der Waals surface area (Å²) < 4.78 is 0. The van der Waals surface area contributed by atoms with Gasteiger partial charge in [-0.3, -0.25) is 4.79 Å². The predicted molar refractivity (Wildman–Crippen MR) is 76.5 cm³/mol. The lowest BCUT2D eigenvalue weighted by atomic mass is 10.0. The van der Waals surface area contributed by atoms with Gasteiger partial charge in [-0.15, -0.1) is 0 Å². The smallest absolute Gasteiger partial charge is 0.221 e. The molecule has 0 aliphatic carbocycles. The number of anilines is 1. The molecular weight excluding hydrogens is 224 g/mol. The van der Waals surface area contributed by atoms with Crippen LogP contribution in [0.5, 0.6) is 0 Å². The summed E-state index contributed by atoms with van der Waals surface area (Å²) in [6.07, 6.45) is 2.71. The summed E-state index contributed by atoms with van der Waals surface area (Å²) >= 11 is 0. The molecule has 0 saturated heterocycles. The number of carbonyl (C=O) groups excluding carboxylic acids is 1. The van der Waals surface area contributed by atoms with E-state index in [1.807, 2.05) is 24.3 Å². The van der Waals surface area contributed by atoms with Gasteiger partial charge < -0.3 is 11.1 Å². The van der Waals surface area contributed by atoms with Gasteiger partial charge in [-0.1, -0.05) is 26.0 Å². The first-order valence-corrected chi connectivity index (χ1v) is 6.61. The normalized spacial score (nSPS) is 12.4. The van der Waals surface area contributed by atoms with Crippen molar-refractivity contribution in [2.24, 2.45) is 11.7 Å². The minimum atomic E-state index is -0.291. The van der Waals surface area contributed by atoms with Crippen LogP contribution in [0.4, 0.5) is 5.69 Å². The van der Waals surface area contributed by atoms with Gasteiger partial charge in [-0.2, -0.15) is 0 Å². The Balaban J connectivity index is 2.45. The Morgan fingerprint density at radius 3 is 2.28 bits per heavy atom. The van der Waals surface area contributed by atoms with Crippen LogP contribution >= 0.6 is 0 Å². The van der Waals surface area contributed by atoms with E-state index in [0.29, 0.717) is 12.5 Å². The van der Waals surface area contributed by atoms with Gasteiger partial charge in [0.05, 0.1) is 6.42 Å². The summed E-state index contributed by atoms with van der Waals surface area (Å²) in [5.74, 6) is 0.452. The molecule has 1 unspecified atom stereocenters. The van der Waals surface area contributed by atoms with Crippen LogP contribution in [0.3, 0.4) is 0 Å². The van der Waals surface area contributed by atoms with Crippen molar-refractivity contribution in [1.29, 1.82) is 0 Å². The minimum Gasteiger partial charge on any atom is -0.383 e. The molecule has 0 bridgehead atoms. The van der Waals surface area contributed by atoms with Crippen molar-refractivity contribution in [2.45, 2.75) is 46.1 Å². The average molecular weight is 248 g/mol. The molecule has 0 aliphatic heterocycles. The molecule has 1 atom stereocenters. The molecule has 18 heavy (non-hydrogen) atoms. The highest BCUT2D eigenvalue weighted by atomic mass is 16.1. The number of amides is 1. The largest absolute Gasteiger partial charge is 0.383 e. The fourth-order valence-electron chi connectivity index (χ4n) is 1.86. The van der Waals surface area contributed by atoms with Gasteiger partial charge in [0, 0.05) is 11.7 Å². The molecule has 3 N–H and O–H groups in total. The maximum absolute atomic E-state index is 10.8. The Hall–Kier alpha value is -1.51. The highest BCUT2D eigenvalue weighted by molar-refractivity contribution is 5.76. The third kappa shape index (κ3) is 5.71. The van der Waals surface area contributed by atoms with Crippen LogP contribution in [0.2, 0.25) is 0 Å². The highest BCUT2D eigenvalue weighted by Gasteiger charge is 2.04. The lowest BCUT2D eigenvalue weighted by Gasteiger charge is -2.16. The number of nitrogens with two attached hydrogens (primary N) is 1. The van der Waals surface area contributed by atoms with Crippen molar-refractivity contribution in [1.82, 2.24) is 0 Å². The lowest BCUT2D eigenvalue weighted by Crippen LogP contribution is -2.16. The van der Waals surface area contributed by atoms with E-state index in [1.54, 1.807) is 0 Å². The Bertz CT molecular complexity index is 371. The molecular formula is C15H24N2O. The Morgan fingerprint density at radius 1 is 1.17 bits per heavy atom. The zero-order valence-corrected chi connectivity index (χ0v) is 11.6. The van der Waals surface area contributed by atoms with Crippen molar-refractivity contribution in [2.75, 3.05) is 5.32 Å². The summed E-state index contributed by atoms with van der Waals surface area (Å²) in [6.45, 7) is 6.68. The molecule has 1 amide bonds. The predicted octanol–water partition coefficient (Wildman–Crippen LogP) is 2.95. The summed E-state index contributed by atoms with van der Waals surface area (Å²) in [5.41, 5.74) is 7.21. The molecule has 3 nitrogen and oxygen atoms in total. The summed E-state index contributed by atoms with van der Waals surface area (Å²) in [5, 5.41) is 3.46. The van der Waals surface area contributed by atoms with E-state index in [-0.39, 0.29) is 5.91 Å². The van der Waals surface area contributed by atoms with Crippen LogP contribution in [0, 0.1) is 5.92 Å². The van der Waals surface area contributed by atoms with Crippen LogP contribution in [0.15, 0.2) is 24.3 Å². The fourth-order valence-corrected chi connectivity index (χ4v) is 1.86. The molecule has 1 aromatic carbocycles. The molecule has 0 radical (unpaired) electrons. The van der Waals surface area contributed by atoms with E-state index in [1.165, 1.54) is 12.8 Å². The second-order valence-corrected chi connectivity index (χ2v) is 5.36. The third-order valence-electron chi connectivity index (χ3n) is 2.92. The molecule has 0 heterocycles. The van der Waals surface area contributed by atoms with Crippen molar-refractivity contribution in [3.63, 3.8) is 0 Å². The molecule has 3 heteroatoms. The highest BCUT2D eigenvalue weighted by Crippen LogP contribution is 2.14. The second kappa shape index (κ2) is 7.04. The van der Waals surface area contributed by atoms with Gasteiger partial charge in [-0.05, 0) is 43.4 Å². The van der Waals surface area contributed by atoms with Gasteiger partial charge in [0.1, 0.15) is 0 Å². The van der Waals surface area contributed by atoms with Gasteiger partial charge >= 0.3 is 0 Å². The van der Waals surface area contributed by atoms with E-state index in [0.717, 1.165) is 17.2 Å². The monoisotopic (exact) mass is 248 g/mol. The summed E-state index contributed by atoms with van der Waals surface area (Å²) in [6, 6.07) is 8.37. The van der Waals surface area contributed by atoms with Gasteiger partial charge in [0.25, 0.3) is 0 Å². The third-order valence-corrected chi connectivity index (χ3v) is 2.92. The zero-order chi connectivity index (χ0) is 13.5. The first kappa shape index (κ1) is 14.6. The molecule has 1 rings (SSSR count). The van der Waals surface area contributed by atoms with Gasteiger partial charge in [0.2, 0.25) is 5.91 Å². The minimum absolute atomic E-state index is 0.291. The van der Waals surface area contributed by atoms with Crippen molar-refractivity contribution < 1.29 is 4.79 Å². The van der Waals surface area contributed by atoms with Gasteiger partial charge in [-0.25, -0.2) is 0 Å². The number of hydrogen-bond donors (Lipinski definition) is 2. The number of carbonyl (C=O) groups is 1. The van der Waals surface area contributed by atoms with E-state index in [9.17, 15) is 4.79 Å².